The van der Waals surface area contributed by atoms with E-state index in [1.165, 1.54) is 19.3 Å². The highest BCUT2D eigenvalue weighted by Gasteiger charge is 2.27. The molecule has 0 amide bonds. The molecule has 1 aromatic heterocycles. The molecule has 0 spiro atoms. The molecule has 1 aromatic carbocycles. The molecule has 3 nitrogen and oxygen atoms in total. The van der Waals surface area contributed by atoms with Crippen LogP contribution in [-0.4, -0.2) is 20.4 Å². The van der Waals surface area contributed by atoms with Gasteiger partial charge in [-0.05, 0) is 25.0 Å². The fourth-order valence-corrected chi connectivity index (χ4v) is 3.27. The van der Waals surface area contributed by atoms with Crippen molar-refractivity contribution in [2.24, 2.45) is 0 Å². The molecule has 0 bridgehead atoms. The van der Waals surface area contributed by atoms with Gasteiger partial charge < -0.3 is 0 Å². The number of nitrogens with zero attached hydrogens (tertiary/aromatic N) is 3. The van der Waals surface area contributed by atoms with Crippen molar-refractivity contribution in [1.29, 1.82) is 0 Å². The van der Waals surface area contributed by atoms with Crippen molar-refractivity contribution in [3.8, 4) is 5.69 Å². The van der Waals surface area contributed by atoms with E-state index >= 15 is 0 Å². The second kappa shape index (κ2) is 5.74. The number of aromatic nitrogens is 3. The minimum atomic E-state index is 0.198. The summed E-state index contributed by atoms with van der Waals surface area (Å²) in [5, 5.41) is 8.53. The van der Waals surface area contributed by atoms with Crippen molar-refractivity contribution < 1.29 is 0 Å². The zero-order valence-electron chi connectivity index (χ0n) is 10.9. The first-order chi connectivity index (χ1) is 9.36. The lowest BCUT2D eigenvalue weighted by atomic mass is 9.96. The van der Waals surface area contributed by atoms with E-state index in [2.05, 4.69) is 22.4 Å². The molecular weight excluding hydrogens is 258 g/mol. The van der Waals surface area contributed by atoms with E-state index in [4.69, 9.17) is 11.6 Å². The van der Waals surface area contributed by atoms with E-state index in [9.17, 15) is 0 Å². The Hall–Kier alpha value is -1.35. The van der Waals surface area contributed by atoms with Crippen LogP contribution in [-0.2, 0) is 0 Å². The predicted octanol–water partition coefficient (Wildman–Crippen LogP) is 3.92. The number of alkyl halides is 1. The Morgan fingerprint density at radius 3 is 2.68 bits per heavy atom. The van der Waals surface area contributed by atoms with Crippen molar-refractivity contribution in [3.05, 3.63) is 42.2 Å². The maximum Gasteiger partial charge on any atom is 0.0733 e. The van der Waals surface area contributed by atoms with E-state index in [1.54, 1.807) is 0 Å². The molecule has 1 fully saturated rings. The number of rotatable bonds is 2. The summed E-state index contributed by atoms with van der Waals surface area (Å²) in [4.78, 5) is 0. The fraction of sp³-hybridized carbons (Fsp3) is 0.467. The van der Waals surface area contributed by atoms with Crippen LogP contribution < -0.4 is 0 Å². The molecule has 1 aliphatic carbocycles. The first kappa shape index (κ1) is 12.7. The highest BCUT2D eigenvalue weighted by molar-refractivity contribution is 6.21. The van der Waals surface area contributed by atoms with Gasteiger partial charge in [0.2, 0.25) is 0 Å². The third-order valence-electron chi connectivity index (χ3n) is 3.89. The van der Waals surface area contributed by atoms with E-state index in [0.717, 1.165) is 24.2 Å². The Balaban J connectivity index is 1.95. The van der Waals surface area contributed by atoms with Gasteiger partial charge in [-0.2, -0.15) is 0 Å². The number of hydrogen-bond donors (Lipinski definition) is 0. The lowest BCUT2D eigenvalue weighted by molar-refractivity contribution is 0.564. The Kier molecular flexibility index (Phi) is 3.83. The average Bonchev–Trinajstić information content (AvgIpc) is 2.83. The molecule has 100 valence electrons. The number of hydrogen-bond acceptors (Lipinski definition) is 2. The Labute approximate surface area is 118 Å². The lowest BCUT2D eigenvalue weighted by Gasteiger charge is -2.20. The van der Waals surface area contributed by atoms with Gasteiger partial charge in [0.1, 0.15) is 0 Å². The van der Waals surface area contributed by atoms with E-state index in [-0.39, 0.29) is 5.38 Å². The fourth-order valence-electron chi connectivity index (χ4n) is 2.86. The largest absolute Gasteiger partial charge is 0.217 e. The van der Waals surface area contributed by atoms with Crippen LogP contribution in [0.2, 0.25) is 0 Å². The maximum atomic E-state index is 6.57. The van der Waals surface area contributed by atoms with Crippen molar-refractivity contribution >= 4 is 11.6 Å². The molecule has 1 saturated carbocycles. The topological polar surface area (TPSA) is 30.7 Å². The summed E-state index contributed by atoms with van der Waals surface area (Å²) < 4.78 is 1.94. The standard InChI is InChI=1S/C15H18ClN3/c16-14-10-6-2-5-9-13(14)15-11-17-18-19(15)12-7-3-1-4-8-12/h1,3-4,7-8,11,13-14H,2,5-6,9-10H2. The van der Waals surface area contributed by atoms with Crippen LogP contribution in [0.3, 0.4) is 0 Å². The molecule has 1 aliphatic rings. The van der Waals surface area contributed by atoms with Gasteiger partial charge >= 0.3 is 0 Å². The van der Waals surface area contributed by atoms with Crippen LogP contribution in [0, 0.1) is 0 Å². The average molecular weight is 276 g/mol. The number of halogens is 1. The normalized spacial score (nSPS) is 24.1. The first-order valence-electron chi connectivity index (χ1n) is 6.96. The Bertz CT molecular complexity index is 523. The highest BCUT2D eigenvalue weighted by atomic mass is 35.5. The molecular formula is C15H18ClN3. The quantitative estimate of drug-likeness (QED) is 0.614. The molecule has 0 radical (unpaired) electrons. The zero-order chi connectivity index (χ0) is 13.1. The van der Waals surface area contributed by atoms with Crippen molar-refractivity contribution in [2.45, 2.75) is 43.4 Å². The van der Waals surface area contributed by atoms with Gasteiger partial charge in [-0.15, -0.1) is 16.7 Å². The molecule has 2 unspecified atom stereocenters. The molecule has 19 heavy (non-hydrogen) atoms. The van der Waals surface area contributed by atoms with Crippen molar-refractivity contribution in [2.75, 3.05) is 0 Å². The summed E-state index contributed by atoms with van der Waals surface area (Å²) in [6.45, 7) is 0. The van der Waals surface area contributed by atoms with E-state index < -0.39 is 0 Å². The van der Waals surface area contributed by atoms with Gasteiger partial charge in [0.15, 0.2) is 0 Å². The Morgan fingerprint density at radius 1 is 1.05 bits per heavy atom. The second-order valence-corrected chi connectivity index (χ2v) is 5.73. The maximum absolute atomic E-state index is 6.57. The van der Waals surface area contributed by atoms with Gasteiger partial charge in [0, 0.05) is 11.3 Å². The van der Waals surface area contributed by atoms with E-state index in [1.807, 2.05) is 29.1 Å². The molecule has 4 heteroatoms. The molecule has 2 atom stereocenters. The lowest BCUT2D eigenvalue weighted by Crippen LogP contribution is -2.15. The van der Waals surface area contributed by atoms with Crippen LogP contribution in [0.1, 0.15) is 43.7 Å². The Morgan fingerprint density at radius 2 is 1.84 bits per heavy atom. The molecule has 3 rings (SSSR count). The van der Waals surface area contributed by atoms with Gasteiger partial charge in [-0.1, -0.05) is 42.7 Å². The van der Waals surface area contributed by atoms with Crippen LogP contribution in [0.5, 0.6) is 0 Å². The number of para-hydroxylation sites is 1. The van der Waals surface area contributed by atoms with Gasteiger partial charge in [0.05, 0.1) is 17.6 Å². The highest BCUT2D eigenvalue weighted by Crippen LogP contribution is 2.35. The molecule has 0 aliphatic heterocycles. The second-order valence-electron chi connectivity index (χ2n) is 5.17. The first-order valence-corrected chi connectivity index (χ1v) is 7.40. The third-order valence-corrected chi connectivity index (χ3v) is 4.41. The summed E-state index contributed by atoms with van der Waals surface area (Å²) in [6.07, 6.45) is 7.86. The predicted molar refractivity (Wildman–Crippen MR) is 76.8 cm³/mol. The smallest absolute Gasteiger partial charge is 0.0733 e. The van der Waals surface area contributed by atoms with Crippen LogP contribution in [0.15, 0.2) is 36.5 Å². The SMILES string of the molecule is ClC1CCCCCC1c1cnnn1-c1ccccc1. The molecule has 0 saturated heterocycles. The van der Waals surface area contributed by atoms with Gasteiger partial charge in [-0.25, -0.2) is 4.68 Å². The van der Waals surface area contributed by atoms with Crippen molar-refractivity contribution in [1.82, 2.24) is 15.0 Å². The van der Waals surface area contributed by atoms with Crippen LogP contribution in [0.4, 0.5) is 0 Å². The molecule has 2 aromatic rings. The molecule has 0 N–H and O–H groups in total. The minimum absolute atomic E-state index is 0.198. The summed E-state index contributed by atoms with van der Waals surface area (Å²) in [6, 6.07) is 10.2. The van der Waals surface area contributed by atoms with Crippen LogP contribution >= 0.6 is 11.6 Å². The number of benzene rings is 1. The van der Waals surface area contributed by atoms with Crippen molar-refractivity contribution in [3.63, 3.8) is 0 Å². The molecule has 1 heterocycles. The summed E-state index contributed by atoms with van der Waals surface area (Å²) in [5.41, 5.74) is 2.20. The summed E-state index contributed by atoms with van der Waals surface area (Å²) in [7, 11) is 0. The van der Waals surface area contributed by atoms with Gasteiger partial charge in [-0.3, -0.25) is 0 Å². The summed E-state index contributed by atoms with van der Waals surface area (Å²) >= 11 is 6.57. The van der Waals surface area contributed by atoms with Gasteiger partial charge in [0.25, 0.3) is 0 Å². The van der Waals surface area contributed by atoms with Crippen LogP contribution in [0.25, 0.3) is 5.69 Å². The van der Waals surface area contributed by atoms with E-state index in [0.29, 0.717) is 5.92 Å². The third kappa shape index (κ3) is 2.66. The minimum Gasteiger partial charge on any atom is -0.217 e. The summed E-state index contributed by atoms with van der Waals surface area (Å²) in [5.74, 6) is 0.361. The monoisotopic (exact) mass is 275 g/mol. The zero-order valence-corrected chi connectivity index (χ0v) is 11.6.